The van der Waals surface area contributed by atoms with Crippen LogP contribution in [0.2, 0.25) is 0 Å². The van der Waals surface area contributed by atoms with E-state index < -0.39 is 0 Å². The summed E-state index contributed by atoms with van der Waals surface area (Å²) in [5, 5.41) is 0. The molecule has 0 aliphatic rings. The molecule has 0 heterocycles. The van der Waals surface area contributed by atoms with Crippen LogP contribution in [0.5, 0.6) is 0 Å². The minimum atomic E-state index is 0.948. The SMILES string of the molecule is C=C/C(=C\C)c1cccc(/C(C)=N/C=C(C(=C)C)/C(/C=N\C)=C/C)c1. The first-order valence-electron chi connectivity index (χ1n) is 8.37. The second kappa shape index (κ2) is 10.2. The molecule has 0 fully saturated rings. The summed E-state index contributed by atoms with van der Waals surface area (Å²) in [4.78, 5) is 8.77. The maximum atomic E-state index is 4.67. The first-order chi connectivity index (χ1) is 12.0. The zero-order valence-electron chi connectivity index (χ0n) is 16.0. The van der Waals surface area contributed by atoms with Gasteiger partial charge in [0.25, 0.3) is 0 Å². The molecule has 0 aromatic heterocycles. The average molecular weight is 332 g/mol. The van der Waals surface area contributed by atoms with E-state index in [9.17, 15) is 0 Å². The fraction of sp³-hybridized carbons (Fsp3) is 0.217. The van der Waals surface area contributed by atoms with Gasteiger partial charge in [-0.05, 0) is 61.6 Å². The van der Waals surface area contributed by atoms with Crippen LogP contribution in [-0.2, 0) is 0 Å². The van der Waals surface area contributed by atoms with E-state index in [2.05, 4.69) is 47.4 Å². The number of allylic oxidation sites excluding steroid dienone is 7. The van der Waals surface area contributed by atoms with Crippen molar-refractivity contribution in [2.75, 3.05) is 7.05 Å². The lowest BCUT2D eigenvalue weighted by Gasteiger charge is -2.08. The van der Waals surface area contributed by atoms with Crippen LogP contribution in [0, 0.1) is 0 Å². The van der Waals surface area contributed by atoms with Crippen LogP contribution in [0.15, 0.2) is 88.6 Å². The van der Waals surface area contributed by atoms with Gasteiger partial charge < -0.3 is 0 Å². The van der Waals surface area contributed by atoms with Crippen molar-refractivity contribution in [3.63, 3.8) is 0 Å². The van der Waals surface area contributed by atoms with Crippen LogP contribution in [0.4, 0.5) is 0 Å². The molecule has 1 aromatic rings. The van der Waals surface area contributed by atoms with E-state index in [0.29, 0.717) is 0 Å². The number of aliphatic imine (C=N–C) groups is 2. The van der Waals surface area contributed by atoms with Gasteiger partial charge in [0.1, 0.15) is 0 Å². The molecule has 0 saturated heterocycles. The van der Waals surface area contributed by atoms with Crippen LogP contribution in [0.25, 0.3) is 5.57 Å². The Labute approximate surface area is 152 Å². The molecule has 1 rings (SSSR count). The van der Waals surface area contributed by atoms with E-state index in [1.807, 2.05) is 58.3 Å². The van der Waals surface area contributed by atoms with Crippen molar-refractivity contribution in [3.8, 4) is 0 Å². The maximum absolute atomic E-state index is 4.67. The highest BCUT2D eigenvalue weighted by Gasteiger charge is 2.04. The van der Waals surface area contributed by atoms with Gasteiger partial charge in [0.2, 0.25) is 0 Å². The Kier molecular flexibility index (Phi) is 8.28. The summed E-state index contributed by atoms with van der Waals surface area (Å²) in [6, 6.07) is 8.32. The Morgan fingerprint density at radius 2 is 1.76 bits per heavy atom. The molecule has 130 valence electrons. The third kappa shape index (κ3) is 5.68. The minimum Gasteiger partial charge on any atom is -0.296 e. The van der Waals surface area contributed by atoms with Crippen molar-refractivity contribution in [1.29, 1.82) is 0 Å². The summed E-state index contributed by atoms with van der Waals surface area (Å²) in [5.41, 5.74) is 7.25. The second-order valence-corrected chi connectivity index (χ2v) is 5.70. The van der Waals surface area contributed by atoms with Crippen molar-refractivity contribution in [2.45, 2.75) is 27.7 Å². The standard InChI is InChI=1S/C23H28N2/c1-8-19(9-2)22-13-11-12-21(14-22)18(6)25-16-23(17(4)5)20(10-3)15-24-7/h8-16H,1,4H2,2-3,5-7H3/b19-9+,20-10+,23-16+,24-15-,25-18+. The molecule has 0 unspecified atom stereocenters. The Bertz CT molecular complexity index is 784. The number of benzene rings is 1. The van der Waals surface area contributed by atoms with Crippen LogP contribution in [0.1, 0.15) is 38.8 Å². The van der Waals surface area contributed by atoms with Crippen molar-refractivity contribution in [1.82, 2.24) is 0 Å². The zero-order valence-corrected chi connectivity index (χ0v) is 16.0. The Morgan fingerprint density at radius 3 is 2.28 bits per heavy atom. The van der Waals surface area contributed by atoms with Crippen molar-refractivity contribution >= 4 is 17.5 Å². The average Bonchev–Trinajstić information content (AvgIpc) is 2.61. The number of nitrogens with zero attached hydrogens (tertiary/aromatic N) is 2. The highest BCUT2D eigenvalue weighted by Crippen LogP contribution is 2.19. The van der Waals surface area contributed by atoms with Crippen molar-refractivity contribution in [2.24, 2.45) is 9.98 Å². The zero-order chi connectivity index (χ0) is 18.8. The first-order valence-corrected chi connectivity index (χ1v) is 8.37. The van der Waals surface area contributed by atoms with Gasteiger partial charge in [-0.15, -0.1) is 0 Å². The molecule has 0 spiro atoms. The van der Waals surface area contributed by atoms with E-state index in [1.54, 1.807) is 7.05 Å². The van der Waals surface area contributed by atoms with Crippen LogP contribution < -0.4 is 0 Å². The predicted octanol–water partition coefficient (Wildman–Crippen LogP) is 6.19. The molecule has 0 N–H and O–H groups in total. The highest BCUT2D eigenvalue weighted by molar-refractivity contribution is 6.00. The normalized spacial score (nSPS) is 14.1. The van der Waals surface area contributed by atoms with Gasteiger partial charge in [-0.2, -0.15) is 0 Å². The van der Waals surface area contributed by atoms with Gasteiger partial charge in [-0.3, -0.25) is 9.98 Å². The third-order valence-electron chi connectivity index (χ3n) is 3.88. The topological polar surface area (TPSA) is 24.7 Å². The van der Waals surface area contributed by atoms with E-state index in [1.165, 1.54) is 0 Å². The molecule has 0 radical (unpaired) electrons. The monoisotopic (exact) mass is 332 g/mol. The number of hydrogen-bond donors (Lipinski definition) is 0. The van der Waals surface area contributed by atoms with Gasteiger partial charge >= 0.3 is 0 Å². The van der Waals surface area contributed by atoms with Crippen molar-refractivity contribution in [3.05, 3.63) is 89.7 Å². The lowest BCUT2D eigenvalue weighted by molar-refractivity contribution is 1.34. The second-order valence-electron chi connectivity index (χ2n) is 5.70. The fourth-order valence-corrected chi connectivity index (χ4v) is 2.43. The summed E-state index contributed by atoms with van der Waals surface area (Å²) in [6.07, 6.45) is 9.63. The summed E-state index contributed by atoms with van der Waals surface area (Å²) >= 11 is 0. The summed E-state index contributed by atoms with van der Waals surface area (Å²) in [7, 11) is 1.76. The molecule has 0 aliphatic heterocycles. The summed E-state index contributed by atoms with van der Waals surface area (Å²) in [5.74, 6) is 0. The molecule has 0 saturated carbocycles. The fourth-order valence-electron chi connectivity index (χ4n) is 2.43. The van der Waals surface area contributed by atoms with E-state index >= 15 is 0 Å². The Balaban J connectivity index is 3.29. The number of hydrogen-bond acceptors (Lipinski definition) is 2. The Morgan fingerprint density at radius 1 is 1.08 bits per heavy atom. The van der Waals surface area contributed by atoms with Gasteiger partial charge in [0.15, 0.2) is 0 Å². The summed E-state index contributed by atoms with van der Waals surface area (Å²) < 4.78 is 0. The van der Waals surface area contributed by atoms with Gasteiger partial charge in [-0.25, -0.2) is 0 Å². The third-order valence-corrected chi connectivity index (χ3v) is 3.88. The molecule has 0 atom stereocenters. The molecular formula is C23H28N2. The maximum Gasteiger partial charge on any atom is 0.0445 e. The number of rotatable bonds is 7. The molecule has 1 aromatic carbocycles. The molecule has 0 bridgehead atoms. The molecule has 25 heavy (non-hydrogen) atoms. The van der Waals surface area contributed by atoms with Gasteiger partial charge in [0.05, 0.1) is 0 Å². The predicted molar refractivity (Wildman–Crippen MR) is 114 cm³/mol. The van der Waals surface area contributed by atoms with Crippen LogP contribution in [0.3, 0.4) is 0 Å². The Hall–Kier alpha value is -2.74. The minimum absolute atomic E-state index is 0.948. The highest BCUT2D eigenvalue weighted by atomic mass is 14.7. The largest absolute Gasteiger partial charge is 0.296 e. The summed E-state index contributed by atoms with van der Waals surface area (Å²) in [6.45, 7) is 15.9. The van der Waals surface area contributed by atoms with Gasteiger partial charge in [0, 0.05) is 30.7 Å². The van der Waals surface area contributed by atoms with Crippen molar-refractivity contribution < 1.29 is 0 Å². The smallest absolute Gasteiger partial charge is 0.0445 e. The van der Waals surface area contributed by atoms with Crippen LogP contribution in [-0.4, -0.2) is 19.0 Å². The lowest BCUT2D eigenvalue weighted by Crippen LogP contribution is -1.97. The van der Waals surface area contributed by atoms with Crippen LogP contribution >= 0.6 is 0 Å². The molecule has 2 heteroatoms. The van der Waals surface area contributed by atoms with E-state index in [0.717, 1.165) is 39.1 Å². The first kappa shape index (κ1) is 20.3. The quantitative estimate of drug-likeness (QED) is 0.420. The van der Waals surface area contributed by atoms with E-state index in [4.69, 9.17) is 0 Å². The molecule has 0 aliphatic carbocycles. The van der Waals surface area contributed by atoms with E-state index in [-0.39, 0.29) is 0 Å². The molecule has 2 nitrogen and oxygen atoms in total. The van der Waals surface area contributed by atoms with Gasteiger partial charge in [-0.1, -0.05) is 49.6 Å². The lowest BCUT2D eigenvalue weighted by atomic mass is 10.0. The molecular weight excluding hydrogens is 304 g/mol. The molecule has 0 amide bonds.